The number of carbonyl (C=O) groups excluding carboxylic acids is 1. The van der Waals surface area contributed by atoms with Gasteiger partial charge in [-0.2, -0.15) is 0 Å². The van der Waals surface area contributed by atoms with Crippen LogP contribution in [-0.2, 0) is 4.74 Å². The number of para-hydroxylation sites is 1. The maximum atomic E-state index is 11.9. The van der Waals surface area contributed by atoms with E-state index in [4.69, 9.17) is 19.9 Å². The van der Waals surface area contributed by atoms with E-state index in [2.05, 4.69) is 0 Å². The number of anilines is 1. The van der Waals surface area contributed by atoms with E-state index in [0.29, 0.717) is 22.7 Å². The second-order valence-corrected chi connectivity index (χ2v) is 4.23. The van der Waals surface area contributed by atoms with E-state index < -0.39 is 5.97 Å². The molecule has 5 heteroatoms. The number of nitrogens with two attached hydrogens (primary N) is 1. The Morgan fingerprint density at radius 1 is 1.14 bits per heavy atom. The van der Waals surface area contributed by atoms with Crippen molar-refractivity contribution in [1.82, 2.24) is 0 Å². The van der Waals surface area contributed by atoms with Crippen LogP contribution in [0.3, 0.4) is 0 Å². The van der Waals surface area contributed by atoms with Gasteiger partial charge in [0.2, 0.25) is 0 Å². The number of rotatable bonds is 5. The second kappa shape index (κ2) is 6.65. The summed E-state index contributed by atoms with van der Waals surface area (Å²) in [6.07, 6.45) is 0. The third-order valence-electron chi connectivity index (χ3n) is 2.80. The SMILES string of the molecule is CCOC(=O)c1cccc(N)c1Oc1cccc(OC)c1. The predicted molar refractivity (Wildman–Crippen MR) is 79.9 cm³/mol. The van der Waals surface area contributed by atoms with Crippen molar-refractivity contribution < 1.29 is 19.0 Å². The molecule has 0 bridgehead atoms. The minimum Gasteiger partial charge on any atom is -0.497 e. The lowest BCUT2D eigenvalue weighted by molar-refractivity contribution is 0.0523. The van der Waals surface area contributed by atoms with Gasteiger partial charge in [0.15, 0.2) is 5.75 Å². The third kappa shape index (κ3) is 3.45. The van der Waals surface area contributed by atoms with Crippen LogP contribution in [0.1, 0.15) is 17.3 Å². The molecule has 0 heterocycles. The number of nitrogen functional groups attached to an aromatic ring is 1. The molecule has 2 aromatic rings. The van der Waals surface area contributed by atoms with E-state index in [0.717, 1.165) is 0 Å². The zero-order valence-electron chi connectivity index (χ0n) is 12.0. The molecule has 0 fully saturated rings. The van der Waals surface area contributed by atoms with Gasteiger partial charge in [-0.1, -0.05) is 12.1 Å². The van der Waals surface area contributed by atoms with Crippen LogP contribution >= 0.6 is 0 Å². The van der Waals surface area contributed by atoms with Crippen LogP contribution in [-0.4, -0.2) is 19.7 Å². The van der Waals surface area contributed by atoms with E-state index in [-0.39, 0.29) is 12.4 Å². The molecule has 21 heavy (non-hydrogen) atoms. The van der Waals surface area contributed by atoms with Crippen molar-refractivity contribution >= 4 is 11.7 Å². The number of hydrogen-bond donors (Lipinski definition) is 1. The predicted octanol–water partition coefficient (Wildman–Crippen LogP) is 3.25. The summed E-state index contributed by atoms with van der Waals surface area (Å²) < 4.78 is 15.9. The maximum Gasteiger partial charge on any atom is 0.342 e. The minimum absolute atomic E-state index is 0.282. The van der Waals surface area contributed by atoms with Crippen molar-refractivity contribution in [2.24, 2.45) is 0 Å². The molecule has 110 valence electrons. The van der Waals surface area contributed by atoms with Crippen LogP contribution < -0.4 is 15.2 Å². The van der Waals surface area contributed by atoms with E-state index in [1.165, 1.54) is 0 Å². The Labute approximate surface area is 123 Å². The van der Waals surface area contributed by atoms with Gasteiger partial charge >= 0.3 is 5.97 Å². The molecule has 0 radical (unpaired) electrons. The van der Waals surface area contributed by atoms with E-state index in [1.54, 1.807) is 56.5 Å². The van der Waals surface area contributed by atoms with Gasteiger partial charge in [-0.25, -0.2) is 4.79 Å². The van der Waals surface area contributed by atoms with Gasteiger partial charge in [0, 0.05) is 6.07 Å². The van der Waals surface area contributed by atoms with E-state index in [1.807, 2.05) is 0 Å². The van der Waals surface area contributed by atoms with Crippen molar-refractivity contribution in [3.8, 4) is 17.2 Å². The normalized spacial score (nSPS) is 10.0. The Bertz CT molecular complexity index is 640. The van der Waals surface area contributed by atoms with Gasteiger partial charge in [-0.05, 0) is 31.2 Å². The zero-order valence-corrected chi connectivity index (χ0v) is 12.0. The van der Waals surface area contributed by atoms with Gasteiger partial charge in [0.05, 0.1) is 19.4 Å². The molecular formula is C16H17NO4. The molecule has 2 N–H and O–H groups in total. The summed E-state index contributed by atoms with van der Waals surface area (Å²) in [7, 11) is 1.57. The van der Waals surface area contributed by atoms with Crippen LogP contribution in [0.2, 0.25) is 0 Å². The summed E-state index contributed by atoms with van der Waals surface area (Å²) in [6.45, 7) is 2.03. The first-order valence-corrected chi connectivity index (χ1v) is 6.53. The molecule has 0 unspecified atom stereocenters. The van der Waals surface area contributed by atoms with Crippen molar-refractivity contribution in [3.63, 3.8) is 0 Å². The van der Waals surface area contributed by atoms with E-state index in [9.17, 15) is 4.79 Å². The number of esters is 1. The van der Waals surface area contributed by atoms with Gasteiger partial charge in [0.25, 0.3) is 0 Å². The largest absolute Gasteiger partial charge is 0.497 e. The highest BCUT2D eigenvalue weighted by molar-refractivity contribution is 5.94. The van der Waals surface area contributed by atoms with Crippen molar-refractivity contribution in [1.29, 1.82) is 0 Å². The zero-order chi connectivity index (χ0) is 15.2. The number of methoxy groups -OCH3 is 1. The van der Waals surface area contributed by atoms with Crippen LogP contribution in [0.15, 0.2) is 42.5 Å². The molecular weight excluding hydrogens is 270 g/mol. The molecule has 0 spiro atoms. The summed E-state index contributed by atoms with van der Waals surface area (Å²) >= 11 is 0. The van der Waals surface area contributed by atoms with Crippen molar-refractivity contribution in [2.45, 2.75) is 6.92 Å². The Hall–Kier alpha value is -2.69. The van der Waals surface area contributed by atoms with Crippen LogP contribution in [0.4, 0.5) is 5.69 Å². The fraction of sp³-hybridized carbons (Fsp3) is 0.188. The quantitative estimate of drug-likeness (QED) is 0.675. The van der Waals surface area contributed by atoms with Gasteiger partial charge in [0.1, 0.15) is 17.1 Å². The molecule has 0 amide bonds. The smallest absolute Gasteiger partial charge is 0.342 e. The average molecular weight is 287 g/mol. The summed E-state index contributed by atoms with van der Waals surface area (Å²) in [6, 6.07) is 12.0. The lowest BCUT2D eigenvalue weighted by atomic mass is 10.1. The first-order valence-electron chi connectivity index (χ1n) is 6.53. The Balaban J connectivity index is 2.36. The summed E-state index contributed by atoms with van der Waals surface area (Å²) in [5.41, 5.74) is 6.57. The summed E-state index contributed by atoms with van der Waals surface area (Å²) in [4.78, 5) is 11.9. The number of hydrogen-bond acceptors (Lipinski definition) is 5. The Morgan fingerprint density at radius 2 is 1.86 bits per heavy atom. The van der Waals surface area contributed by atoms with Crippen molar-refractivity contribution in [3.05, 3.63) is 48.0 Å². The maximum absolute atomic E-state index is 11.9. The molecule has 0 aliphatic heterocycles. The van der Waals surface area contributed by atoms with Gasteiger partial charge in [-0.15, -0.1) is 0 Å². The minimum atomic E-state index is -0.470. The molecule has 0 aliphatic rings. The molecule has 0 aliphatic carbocycles. The number of ether oxygens (including phenoxy) is 3. The number of carbonyl (C=O) groups is 1. The van der Waals surface area contributed by atoms with Crippen LogP contribution in [0.5, 0.6) is 17.2 Å². The monoisotopic (exact) mass is 287 g/mol. The van der Waals surface area contributed by atoms with Gasteiger partial charge in [-0.3, -0.25) is 0 Å². The average Bonchev–Trinajstić information content (AvgIpc) is 2.49. The van der Waals surface area contributed by atoms with Crippen LogP contribution in [0, 0.1) is 0 Å². The Kier molecular flexibility index (Phi) is 4.66. The Morgan fingerprint density at radius 3 is 2.57 bits per heavy atom. The first kappa shape index (κ1) is 14.7. The molecule has 2 rings (SSSR count). The summed E-state index contributed by atoms with van der Waals surface area (Å²) in [5, 5.41) is 0. The molecule has 2 aromatic carbocycles. The fourth-order valence-corrected chi connectivity index (χ4v) is 1.82. The highest BCUT2D eigenvalue weighted by atomic mass is 16.5. The first-order chi connectivity index (χ1) is 10.2. The highest BCUT2D eigenvalue weighted by Crippen LogP contribution is 2.33. The topological polar surface area (TPSA) is 70.8 Å². The molecule has 5 nitrogen and oxygen atoms in total. The van der Waals surface area contributed by atoms with Gasteiger partial charge < -0.3 is 19.9 Å². The summed E-state index contributed by atoms with van der Waals surface area (Å²) in [5.74, 6) is 0.990. The standard InChI is InChI=1S/C16H17NO4/c1-3-20-16(18)13-8-5-9-14(17)15(13)21-12-7-4-6-11(10-12)19-2/h4-10H,3,17H2,1-2H3. The number of benzene rings is 2. The molecule has 0 saturated heterocycles. The lowest BCUT2D eigenvalue weighted by Crippen LogP contribution is -2.08. The lowest BCUT2D eigenvalue weighted by Gasteiger charge is -2.13. The van der Waals surface area contributed by atoms with Crippen LogP contribution in [0.25, 0.3) is 0 Å². The van der Waals surface area contributed by atoms with Crippen molar-refractivity contribution in [2.75, 3.05) is 19.5 Å². The molecule has 0 aromatic heterocycles. The highest BCUT2D eigenvalue weighted by Gasteiger charge is 2.17. The second-order valence-electron chi connectivity index (χ2n) is 4.23. The third-order valence-corrected chi connectivity index (χ3v) is 2.80. The van der Waals surface area contributed by atoms with E-state index >= 15 is 0 Å². The molecule has 0 saturated carbocycles. The molecule has 0 atom stereocenters. The fourth-order valence-electron chi connectivity index (χ4n) is 1.82.